The van der Waals surface area contributed by atoms with Crippen molar-refractivity contribution in [2.75, 3.05) is 13.2 Å². The maximum Gasteiger partial charge on any atom is 0.325 e. The first kappa shape index (κ1) is 13.5. The molecule has 0 aromatic carbocycles. The molecule has 1 fully saturated rings. The van der Waals surface area contributed by atoms with Crippen LogP contribution in [-0.4, -0.2) is 24.7 Å². The van der Waals surface area contributed by atoms with E-state index < -0.39 is 5.54 Å². The van der Waals surface area contributed by atoms with Gasteiger partial charge in [0.05, 0.1) is 6.61 Å². The highest BCUT2D eigenvalue weighted by Crippen LogP contribution is 2.24. The molecule has 16 heavy (non-hydrogen) atoms. The van der Waals surface area contributed by atoms with E-state index in [2.05, 4.69) is 5.32 Å². The molecule has 94 valence electrons. The van der Waals surface area contributed by atoms with Crippen molar-refractivity contribution in [2.24, 2.45) is 5.92 Å². The summed E-state index contributed by atoms with van der Waals surface area (Å²) >= 11 is 0. The normalized spacial score (nSPS) is 18.4. The Morgan fingerprint density at radius 2 is 1.94 bits per heavy atom. The maximum atomic E-state index is 11.8. The minimum atomic E-state index is -0.552. The zero-order valence-electron chi connectivity index (χ0n) is 10.8. The third-order valence-electron chi connectivity index (χ3n) is 3.30. The van der Waals surface area contributed by atoms with Crippen LogP contribution in [0.25, 0.3) is 0 Å². The Balaban J connectivity index is 2.28. The minimum Gasteiger partial charge on any atom is -0.464 e. The van der Waals surface area contributed by atoms with Crippen LogP contribution in [0.3, 0.4) is 0 Å². The lowest BCUT2D eigenvalue weighted by Crippen LogP contribution is -2.48. The van der Waals surface area contributed by atoms with Crippen molar-refractivity contribution in [2.45, 2.75) is 58.4 Å². The van der Waals surface area contributed by atoms with Crippen LogP contribution in [0.15, 0.2) is 0 Å². The molecular weight excluding hydrogens is 202 g/mol. The summed E-state index contributed by atoms with van der Waals surface area (Å²) < 4.78 is 5.40. The van der Waals surface area contributed by atoms with E-state index in [1.54, 1.807) is 0 Å². The van der Waals surface area contributed by atoms with Gasteiger partial charge in [0.15, 0.2) is 0 Å². The molecule has 0 spiro atoms. The molecule has 3 nitrogen and oxygen atoms in total. The summed E-state index contributed by atoms with van der Waals surface area (Å²) in [4.78, 5) is 11.8. The van der Waals surface area contributed by atoms with Crippen molar-refractivity contribution >= 4 is 5.97 Å². The van der Waals surface area contributed by atoms with Gasteiger partial charge in [0.1, 0.15) is 5.54 Å². The first-order valence-electron chi connectivity index (χ1n) is 6.48. The van der Waals surface area contributed by atoms with E-state index in [1.165, 1.54) is 32.1 Å². The van der Waals surface area contributed by atoms with Crippen LogP contribution in [0, 0.1) is 5.92 Å². The van der Waals surface area contributed by atoms with Crippen molar-refractivity contribution < 1.29 is 9.53 Å². The van der Waals surface area contributed by atoms with Crippen LogP contribution < -0.4 is 5.32 Å². The van der Waals surface area contributed by atoms with Gasteiger partial charge in [-0.15, -0.1) is 0 Å². The number of carbonyl (C=O) groups excluding carboxylic acids is 1. The number of hydrogen-bond donors (Lipinski definition) is 1. The molecule has 0 amide bonds. The summed E-state index contributed by atoms with van der Waals surface area (Å²) in [5.74, 6) is 0.468. The second kappa shape index (κ2) is 6.24. The summed E-state index contributed by atoms with van der Waals surface area (Å²) in [5, 5.41) is 3.13. The molecule has 1 aliphatic carbocycles. The second-order valence-corrected chi connectivity index (χ2v) is 5.26. The lowest BCUT2D eigenvalue weighted by atomic mass is 9.90. The van der Waals surface area contributed by atoms with Crippen molar-refractivity contribution in [3.8, 4) is 0 Å². The molecular formula is C13H25NO2. The fraction of sp³-hybridized carbons (Fsp3) is 0.923. The van der Waals surface area contributed by atoms with E-state index in [0.29, 0.717) is 12.5 Å². The number of carbonyl (C=O) groups is 1. The van der Waals surface area contributed by atoms with Crippen LogP contribution in [0.1, 0.15) is 52.9 Å². The second-order valence-electron chi connectivity index (χ2n) is 5.26. The molecule has 3 heteroatoms. The molecule has 0 bridgehead atoms. The lowest BCUT2D eigenvalue weighted by molar-refractivity contribution is -0.152. The molecule has 0 aromatic rings. The van der Waals surface area contributed by atoms with Gasteiger partial charge in [-0.3, -0.25) is 4.79 Å². The quantitative estimate of drug-likeness (QED) is 0.733. The lowest BCUT2D eigenvalue weighted by Gasteiger charge is -2.26. The van der Waals surface area contributed by atoms with Crippen LogP contribution in [0.2, 0.25) is 0 Å². The van der Waals surface area contributed by atoms with Crippen molar-refractivity contribution in [1.29, 1.82) is 0 Å². The highest BCUT2D eigenvalue weighted by Gasteiger charge is 2.28. The van der Waals surface area contributed by atoms with Gasteiger partial charge in [0.25, 0.3) is 0 Å². The van der Waals surface area contributed by atoms with Gasteiger partial charge in [-0.1, -0.05) is 26.2 Å². The average Bonchev–Trinajstić information content (AvgIpc) is 2.27. The molecule has 0 radical (unpaired) electrons. The highest BCUT2D eigenvalue weighted by atomic mass is 16.5. The Kier molecular flexibility index (Phi) is 5.26. The predicted octanol–water partition coefficient (Wildman–Crippen LogP) is 2.50. The predicted molar refractivity (Wildman–Crippen MR) is 65.3 cm³/mol. The van der Waals surface area contributed by atoms with E-state index in [0.717, 1.165) is 6.54 Å². The Bertz CT molecular complexity index is 220. The molecule has 1 N–H and O–H groups in total. The van der Waals surface area contributed by atoms with Crippen LogP contribution >= 0.6 is 0 Å². The Morgan fingerprint density at radius 3 is 2.50 bits per heavy atom. The zero-order valence-corrected chi connectivity index (χ0v) is 10.8. The Labute approximate surface area is 98.9 Å². The molecule has 1 saturated carbocycles. The van der Waals surface area contributed by atoms with E-state index in [4.69, 9.17) is 4.74 Å². The summed E-state index contributed by atoms with van der Waals surface area (Å²) in [6.07, 6.45) is 6.36. The highest BCUT2D eigenvalue weighted by molar-refractivity contribution is 5.79. The number of likely N-dealkylation sites (N-methyl/N-ethyl adjacent to an activating group) is 1. The van der Waals surface area contributed by atoms with Gasteiger partial charge in [-0.2, -0.15) is 0 Å². The number of rotatable bonds is 5. The third-order valence-corrected chi connectivity index (χ3v) is 3.30. The molecule has 0 saturated heterocycles. The monoisotopic (exact) mass is 227 g/mol. The molecule has 0 unspecified atom stereocenters. The van der Waals surface area contributed by atoms with E-state index >= 15 is 0 Å². The standard InChI is InChI=1S/C13H25NO2/c1-4-14-13(2,3)12(15)16-10-11-8-6-5-7-9-11/h11,14H,4-10H2,1-3H3. The molecule has 0 heterocycles. The van der Waals surface area contributed by atoms with Crippen molar-refractivity contribution in [1.82, 2.24) is 5.32 Å². The summed E-state index contributed by atoms with van der Waals surface area (Å²) in [7, 11) is 0. The number of esters is 1. The van der Waals surface area contributed by atoms with Crippen molar-refractivity contribution in [3.05, 3.63) is 0 Å². The largest absolute Gasteiger partial charge is 0.464 e. The molecule has 1 rings (SSSR count). The first-order valence-corrected chi connectivity index (χ1v) is 6.48. The SMILES string of the molecule is CCNC(C)(C)C(=O)OCC1CCCCC1. The average molecular weight is 227 g/mol. The summed E-state index contributed by atoms with van der Waals surface area (Å²) in [5.41, 5.74) is -0.552. The van der Waals surface area contributed by atoms with Gasteiger partial charge >= 0.3 is 5.97 Å². The van der Waals surface area contributed by atoms with Gasteiger partial charge < -0.3 is 10.1 Å². The first-order chi connectivity index (χ1) is 7.56. The van der Waals surface area contributed by atoms with Gasteiger partial charge in [-0.25, -0.2) is 0 Å². The van der Waals surface area contributed by atoms with E-state index in [1.807, 2.05) is 20.8 Å². The number of ether oxygens (including phenoxy) is 1. The maximum absolute atomic E-state index is 11.8. The third kappa shape index (κ3) is 4.12. The van der Waals surface area contributed by atoms with Crippen LogP contribution in [0.5, 0.6) is 0 Å². The summed E-state index contributed by atoms with van der Waals surface area (Å²) in [6, 6.07) is 0. The fourth-order valence-electron chi connectivity index (χ4n) is 2.24. The zero-order chi connectivity index (χ0) is 12.0. The van der Waals surface area contributed by atoms with E-state index in [9.17, 15) is 4.79 Å². The van der Waals surface area contributed by atoms with E-state index in [-0.39, 0.29) is 5.97 Å². The van der Waals surface area contributed by atoms with Crippen LogP contribution in [-0.2, 0) is 9.53 Å². The fourth-order valence-corrected chi connectivity index (χ4v) is 2.24. The molecule has 0 aromatic heterocycles. The Hall–Kier alpha value is -0.570. The summed E-state index contributed by atoms with van der Waals surface area (Å²) in [6.45, 7) is 7.13. The van der Waals surface area contributed by atoms with Crippen LogP contribution in [0.4, 0.5) is 0 Å². The molecule has 1 aliphatic rings. The van der Waals surface area contributed by atoms with Gasteiger partial charge in [0, 0.05) is 0 Å². The van der Waals surface area contributed by atoms with Gasteiger partial charge in [0.2, 0.25) is 0 Å². The number of nitrogens with one attached hydrogen (secondary N) is 1. The topological polar surface area (TPSA) is 38.3 Å². The smallest absolute Gasteiger partial charge is 0.325 e. The molecule has 0 aliphatic heterocycles. The van der Waals surface area contributed by atoms with Crippen molar-refractivity contribution in [3.63, 3.8) is 0 Å². The minimum absolute atomic E-state index is 0.125. The molecule has 0 atom stereocenters. The van der Waals surface area contributed by atoms with Gasteiger partial charge in [-0.05, 0) is 39.2 Å². The number of hydrogen-bond acceptors (Lipinski definition) is 3. The Morgan fingerprint density at radius 1 is 1.31 bits per heavy atom.